The lowest BCUT2D eigenvalue weighted by Gasteiger charge is -2.05. The number of nitrogens with one attached hydrogen (secondary N) is 1. The van der Waals surface area contributed by atoms with Gasteiger partial charge in [0.25, 0.3) is 5.91 Å². The van der Waals surface area contributed by atoms with Crippen LogP contribution in [0.3, 0.4) is 0 Å². The molecule has 0 atom stereocenters. The van der Waals surface area contributed by atoms with E-state index < -0.39 is 11.7 Å². The highest BCUT2D eigenvalue weighted by Gasteiger charge is 2.12. The fraction of sp³-hybridized carbons (Fsp3) is 0.211. The number of anilines is 1. The van der Waals surface area contributed by atoms with E-state index in [-0.39, 0.29) is 18.4 Å². The summed E-state index contributed by atoms with van der Waals surface area (Å²) in [7, 11) is 0. The molecular weight excluding hydrogens is 337 g/mol. The molecule has 0 aliphatic rings. The molecule has 6 nitrogen and oxygen atoms in total. The minimum atomic E-state index is -0.533. The predicted molar refractivity (Wildman–Crippen MR) is 93.4 cm³/mol. The number of carbonyl (C=O) groups is 1. The molecule has 0 aliphatic carbocycles. The van der Waals surface area contributed by atoms with Gasteiger partial charge in [-0.3, -0.25) is 10.1 Å². The molecule has 7 heteroatoms. The van der Waals surface area contributed by atoms with Crippen LogP contribution in [-0.2, 0) is 17.6 Å². The third-order valence-electron chi connectivity index (χ3n) is 3.70. The zero-order valence-corrected chi connectivity index (χ0v) is 14.2. The summed E-state index contributed by atoms with van der Waals surface area (Å²) in [4.78, 5) is 11.8. The minimum Gasteiger partial charge on any atom is -0.481 e. The van der Waals surface area contributed by atoms with Crippen LogP contribution < -0.4 is 10.1 Å². The van der Waals surface area contributed by atoms with E-state index in [1.165, 1.54) is 23.8 Å². The summed E-state index contributed by atoms with van der Waals surface area (Å²) in [5.41, 5.74) is 2.29. The van der Waals surface area contributed by atoms with E-state index in [0.717, 1.165) is 12.0 Å². The maximum absolute atomic E-state index is 13.4. The molecule has 0 unspecified atom stereocenters. The highest BCUT2D eigenvalue weighted by atomic mass is 19.1. The first-order valence-electron chi connectivity index (χ1n) is 8.21. The number of ether oxygens (including phenoxy) is 1. The van der Waals surface area contributed by atoms with E-state index in [0.29, 0.717) is 12.3 Å². The number of amides is 1. The molecule has 0 aliphatic heterocycles. The number of halogens is 1. The van der Waals surface area contributed by atoms with Gasteiger partial charge < -0.3 is 9.15 Å². The van der Waals surface area contributed by atoms with Crippen LogP contribution in [0.1, 0.15) is 23.9 Å². The van der Waals surface area contributed by atoms with Crippen molar-refractivity contribution in [3.63, 3.8) is 0 Å². The lowest BCUT2D eigenvalue weighted by atomic mass is 10.1. The lowest BCUT2D eigenvalue weighted by molar-refractivity contribution is -0.118. The number of aryl methyl sites for hydroxylation is 1. The number of hydrogen-bond donors (Lipinski definition) is 1. The van der Waals surface area contributed by atoms with Crippen LogP contribution in [0.15, 0.2) is 52.9 Å². The molecule has 3 rings (SSSR count). The molecule has 0 spiro atoms. The first-order valence-corrected chi connectivity index (χ1v) is 8.21. The second kappa shape index (κ2) is 8.24. The largest absolute Gasteiger partial charge is 0.481 e. The second-order valence-electron chi connectivity index (χ2n) is 5.62. The van der Waals surface area contributed by atoms with Gasteiger partial charge in [0.15, 0.2) is 18.2 Å². The average molecular weight is 355 g/mol. The van der Waals surface area contributed by atoms with E-state index in [1.54, 1.807) is 6.07 Å². The topological polar surface area (TPSA) is 77.2 Å². The number of aromatic nitrogens is 2. The van der Waals surface area contributed by atoms with E-state index >= 15 is 0 Å². The molecule has 0 radical (unpaired) electrons. The Morgan fingerprint density at radius 1 is 1.12 bits per heavy atom. The van der Waals surface area contributed by atoms with Crippen molar-refractivity contribution in [3.8, 4) is 5.75 Å². The van der Waals surface area contributed by atoms with Crippen molar-refractivity contribution in [2.24, 2.45) is 0 Å². The van der Waals surface area contributed by atoms with Crippen LogP contribution in [0, 0.1) is 5.82 Å². The van der Waals surface area contributed by atoms with E-state index in [1.807, 2.05) is 12.1 Å². The van der Waals surface area contributed by atoms with Gasteiger partial charge in [0.1, 0.15) is 0 Å². The second-order valence-corrected chi connectivity index (χ2v) is 5.62. The number of benzene rings is 2. The van der Waals surface area contributed by atoms with Crippen molar-refractivity contribution in [2.75, 3.05) is 11.9 Å². The van der Waals surface area contributed by atoms with Gasteiger partial charge in [-0.25, -0.2) is 4.39 Å². The van der Waals surface area contributed by atoms with Crippen LogP contribution >= 0.6 is 0 Å². The molecule has 0 saturated carbocycles. The number of hydrogen-bond acceptors (Lipinski definition) is 5. The zero-order valence-electron chi connectivity index (χ0n) is 14.2. The van der Waals surface area contributed by atoms with Crippen LogP contribution in [0.25, 0.3) is 0 Å². The average Bonchev–Trinajstić information content (AvgIpc) is 3.08. The smallest absolute Gasteiger partial charge is 0.322 e. The van der Waals surface area contributed by atoms with Gasteiger partial charge in [-0.2, -0.15) is 0 Å². The normalized spacial score (nSPS) is 10.5. The Kier molecular flexibility index (Phi) is 5.58. The molecule has 1 amide bonds. The first kappa shape index (κ1) is 17.6. The third-order valence-corrected chi connectivity index (χ3v) is 3.70. The molecule has 0 bridgehead atoms. The molecule has 134 valence electrons. The molecular formula is C19H18FN3O3. The maximum atomic E-state index is 13.4. The van der Waals surface area contributed by atoms with E-state index in [4.69, 9.17) is 9.15 Å². The quantitative estimate of drug-likeness (QED) is 0.703. The van der Waals surface area contributed by atoms with Gasteiger partial charge in [-0.1, -0.05) is 48.4 Å². The minimum absolute atomic E-state index is 0.00407. The van der Waals surface area contributed by atoms with Gasteiger partial charge in [0.05, 0.1) is 6.42 Å². The number of para-hydroxylation sites is 1. The first-order chi connectivity index (χ1) is 12.6. The molecule has 0 fully saturated rings. The van der Waals surface area contributed by atoms with Gasteiger partial charge in [-0.15, -0.1) is 5.10 Å². The van der Waals surface area contributed by atoms with Crippen molar-refractivity contribution in [1.29, 1.82) is 0 Å². The standard InChI is InChI=1S/C19H18FN3O3/c1-2-13-7-9-14(10-8-13)11-18-22-23-19(26-18)21-17(24)12-25-16-6-4-3-5-15(16)20/h3-10H,2,11-12H2,1H3,(H,21,23,24). The Morgan fingerprint density at radius 3 is 2.58 bits per heavy atom. The Bertz CT molecular complexity index is 878. The Morgan fingerprint density at radius 2 is 1.85 bits per heavy atom. The SMILES string of the molecule is CCc1ccc(Cc2nnc(NC(=O)COc3ccccc3F)o2)cc1. The lowest BCUT2D eigenvalue weighted by Crippen LogP contribution is -2.20. The van der Waals surface area contributed by atoms with Crippen LogP contribution in [0.2, 0.25) is 0 Å². The van der Waals surface area contributed by atoms with Gasteiger partial charge in [-0.05, 0) is 29.7 Å². The van der Waals surface area contributed by atoms with Crippen molar-refractivity contribution >= 4 is 11.9 Å². The molecule has 2 aromatic carbocycles. The van der Waals surface area contributed by atoms with Crippen molar-refractivity contribution in [1.82, 2.24) is 10.2 Å². The molecule has 26 heavy (non-hydrogen) atoms. The number of nitrogens with zero attached hydrogens (tertiary/aromatic N) is 2. The third kappa shape index (κ3) is 4.66. The van der Waals surface area contributed by atoms with Crippen molar-refractivity contribution in [3.05, 3.63) is 71.4 Å². The summed E-state index contributed by atoms with van der Waals surface area (Å²) in [6.07, 6.45) is 1.45. The predicted octanol–water partition coefficient (Wildman–Crippen LogP) is 3.38. The summed E-state index contributed by atoms with van der Waals surface area (Å²) in [6, 6.07) is 13.9. The van der Waals surface area contributed by atoms with Crippen LogP contribution in [-0.4, -0.2) is 22.7 Å². The fourth-order valence-electron chi connectivity index (χ4n) is 2.30. The van der Waals surface area contributed by atoms with Gasteiger partial charge in [0, 0.05) is 0 Å². The molecule has 1 N–H and O–H groups in total. The Labute approximate surface area is 150 Å². The monoisotopic (exact) mass is 355 g/mol. The highest BCUT2D eigenvalue weighted by Crippen LogP contribution is 2.16. The number of carbonyl (C=O) groups excluding carboxylic acids is 1. The van der Waals surface area contributed by atoms with Crippen molar-refractivity contribution in [2.45, 2.75) is 19.8 Å². The van der Waals surface area contributed by atoms with Crippen LogP contribution in [0.4, 0.5) is 10.4 Å². The van der Waals surface area contributed by atoms with Gasteiger partial charge in [0.2, 0.25) is 5.89 Å². The zero-order chi connectivity index (χ0) is 18.4. The molecule has 0 saturated heterocycles. The van der Waals surface area contributed by atoms with Crippen molar-refractivity contribution < 1.29 is 18.3 Å². The number of rotatable bonds is 7. The molecule has 1 heterocycles. The summed E-state index contributed by atoms with van der Waals surface area (Å²) in [5.74, 6) is -0.658. The molecule has 1 aromatic heterocycles. The van der Waals surface area contributed by atoms with E-state index in [9.17, 15) is 9.18 Å². The summed E-state index contributed by atoms with van der Waals surface area (Å²) in [5, 5.41) is 10.1. The Balaban J connectivity index is 1.52. The van der Waals surface area contributed by atoms with Gasteiger partial charge >= 0.3 is 6.01 Å². The van der Waals surface area contributed by atoms with Crippen LogP contribution in [0.5, 0.6) is 5.75 Å². The summed E-state index contributed by atoms with van der Waals surface area (Å²) in [6.45, 7) is 1.73. The maximum Gasteiger partial charge on any atom is 0.322 e. The Hall–Kier alpha value is -3.22. The summed E-state index contributed by atoms with van der Waals surface area (Å²) < 4.78 is 24.0. The molecule has 3 aromatic rings. The fourth-order valence-corrected chi connectivity index (χ4v) is 2.30. The van der Waals surface area contributed by atoms with E-state index in [2.05, 4.69) is 34.6 Å². The summed E-state index contributed by atoms with van der Waals surface area (Å²) >= 11 is 0. The highest BCUT2D eigenvalue weighted by molar-refractivity contribution is 5.89.